The fourth-order valence-corrected chi connectivity index (χ4v) is 5.10. The van der Waals surface area contributed by atoms with Crippen molar-refractivity contribution in [3.8, 4) is 16.3 Å². The van der Waals surface area contributed by atoms with Gasteiger partial charge in [-0.1, -0.05) is 12.1 Å². The van der Waals surface area contributed by atoms with E-state index in [1.807, 2.05) is 35.4 Å². The second kappa shape index (κ2) is 11.2. The van der Waals surface area contributed by atoms with Crippen molar-refractivity contribution in [2.75, 3.05) is 33.3 Å². The van der Waals surface area contributed by atoms with Crippen molar-refractivity contribution in [1.29, 1.82) is 0 Å². The molecule has 0 spiro atoms. The van der Waals surface area contributed by atoms with Crippen molar-refractivity contribution in [3.05, 3.63) is 35.3 Å². The first-order valence-electron chi connectivity index (χ1n) is 10.4. The summed E-state index contributed by atoms with van der Waals surface area (Å²) in [6, 6.07) is 7.90. The van der Waals surface area contributed by atoms with Gasteiger partial charge in [-0.05, 0) is 31.4 Å². The van der Waals surface area contributed by atoms with Crippen molar-refractivity contribution in [2.45, 2.75) is 31.9 Å². The first-order valence-corrected chi connectivity index (χ1v) is 11.2. The Balaban J connectivity index is 0.000000858. The zero-order valence-corrected chi connectivity index (χ0v) is 18.5. The number of para-hydroxylation sites is 1. The molecule has 1 aromatic carbocycles. The van der Waals surface area contributed by atoms with Crippen LogP contribution in [0.5, 0.6) is 5.75 Å². The average Bonchev–Trinajstić information content (AvgIpc) is 3.48. The normalized spacial score (nSPS) is 21.3. The molecule has 2 saturated heterocycles. The van der Waals surface area contributed by atoms with E-state index in [0.717, 1.165) is 60.2 Å². The Morgan fingerprint density at radius 1 is 1.29 bits per heavy atom. The predicted molar refractivity (Wildman–Crippen MR) is 118 cm³/mol. The first kappa shape index (κ1) is 23.2. The molecule has 0 aliphatic carbocycles. The van der Waals surface area contributed by atoms with Crippen LogP contribution in [0.25, 0.3) is 10.6 Å². The molecule has 0 unspecified atom stereocenters. The molecular weight excluding hydrogens is 418 g/mol. The number of thiazole rings is 1. The smallest absolute Gasteiger partial charge is 0.290 e. The van der Waals surface area contributed by atoms with Gasteiger partial charge in [0.15, 0.2) is 0 Å². The Labute approximate surface area is 186 Å². The molecule has 2 atom stereocenters. The highest BCUT2D eigenvalue weighted by atomic mass is 32.1. The monoisotopic (exact) mass is 447 g/mol. The molecular formula is C22H29N3O5S. The molecule has 2 fully saturated rings. The first-order chi connectivity index (χ1) is 15.1. The van der Waals surface area contributed by atoms with Crippen molar-refractivity contribution in [3.63, 3.8) is 0 Å². The number of nitrogens with zero attached hydrogens (tertiary/aromatic N) is 3. The number of aromatic nitrogens is 1. The molecule has 31 heavy (non-hydrogen) atoms. The lowest BCUT2D eigenvalue weighted by molar-refractivity contribution is -0.141. The van der Waals surface area contributed by atoms with Crippen molar-refractivity contribution >= 4 is 23.7 Å². The van der Waals surface area contributed by atoms with Crippen molar-refractivity contribution in [2.24, 2.45) is 5.92 Å². The molecule has 0 bridgehead atoms. The van der Waals surface area contributed by atoms with Crippen LogP contribution in [0.2, 0.25) is 0 Å². The van der Waals surface area contributed by atoms with Crippen molar-refractivity contribution < 1.29 is 24.5 Å². The maximum atomic E-state index is 12.8. The summed E-state index contributed by atoms with van der Waals surface area (Å²) < 4.78 is 5.45. The number of carbonyl (C=O) groups is 2. The second-order valence-electron chi connectivity index (χ2n) is 7.67. The van der Waals surface area contributed by atoms with Crippen LogP contribution in [-0.4, -0.2) is 76.8 Å². The number of carbonyl (C=O) groups excluding carboxylic acids is 1. The number of carboxylic acid groups (broad SMARTS) is 1. The highest BCUT2D eigenvalue weighted by Gasteiger charge is 2.36. The molecule has 2 aromatic rings. The SMILES string of the molecule is COc1ccccc1-c1ncc(CN2CC[C@@H](O)[C@@H](C(=O)N3CCCC3)C2)s1.O=CO. The van der Waals surface area contributed by atoms with Gasteiger partial charge < -0.3 is 19.8 Å². The molecule has 0 saturated carbocycles. The van der Waals surface area contributed by atoms with Crippen LogP contribution in [0.1, 0.15) is 24.1 Å². The van der Waals surface area contributed by atoms with Gasteiger partial charge in [-0.3, -0.25) is 14.5 Å². The Bertz CT molecular complexity index is 868. The van der Waals surface area contributed by atoms with Crippen LogP contribution in [-0.2, 0) is 16.1 Å². The number of ether oxygens (including phenoxy) is 1. The number of hydrogen-bond donors (Lipinski definition) is 2. The van der Waals surface area contributed by atoms with Gasteiger partial charge >= 0.3 is 0 Å². The quantitative estimate of drug-likeness (QED) is 0.678. The Morgan fingerprint density at radius 3 is 2.71 bits per heavy atom. The number of amides is 1. The third-order valence-corrected chi connectivity index (χ3v) is 6.68. The van der Waals surface area contributed by atoms with Crippen molar-refractivity contribution in [1.82, 2.24) is 14.8 Å². The van der Waals surface area contributed by atoms with Crippen LogP contribution < -0.4 is 4.74 Å². The Morgan fingerprint density at radius 2 is 2.00 bits per heavy atom. The second-order valence-corrected chi connectivity index (χ2v) is 8.78. The molecule has 2 aliphatic heterocycles. The lowest BCUT2D eigenvalue weighted by atomic mass is 9.93. The minimum absolute atomic E-state index is 0.119. The number of piperidine rings is 1. The summed E-state index contributed by atoms with van der Waals surface area (Å²) >= 11 is 1.65. The lowest BCUT2D eigenvalue weighted by Gasteiger charge is -2.36. The molecule has 9 heteroatoms. The number of aliphatic hydroxyl groups excluding tert-OH is 1. The van der Waals surface area contributed by atoms with Crippen LogP contribution >= 0.6 is 11.3 Å². The lowest BCUT2D eigenvalue weighted by Crippen LogP contribution is -2.50. The van der Waals surface area contributed by atoms with Gasteiger partial charge in [-0.15, -0.1) is 11.3 Å². The third-order valence-electron chi connectivity index (χ3n) is 5.67. The minimum Gasteiger partial charge on any atom is -0.496 e. The van der Waals surface area contributed by atoms with Crippen LogP contribution in [0.15, 0.2) is 30.5 Å². The van der Waals surface area contributed by atoms with Crippen LogP contribution in [0.3, 0.4) is 0 Å². The summed E-state index contributed by atoms with van der Waals surface area (Å²) in [7, 11) is 1.67. The fourth-order valence-electron chi connectivity index (χ4n) is 4.11. The highest BCUT2D eigenvalue weighted by Crippen LogP contribution is 2.33. The summed E-state index contributed by atoms with van der Waals surface area (Å²) in [5, 5.41) is 18.2. The fraction of sp³-hybridized carbons (Fsp3) is 0.500. The third kappa shape index (κ3) is 5.81. The van der Waals surface area contributed by atoms with Gasteiger partial charge in [-0.25, -0.2) is 4.98 Å². The summed E-state index contributed by atoms with van der Waals surface area (Å²) in [4.78, 5) is 31.1. The van der Waals surface area contributed by atoms with E-state index in [2.05, 4.69) is 9.88 Å². The molecule has 8 nitrogen and oxygen atoms in total. The standard InChI is InChI=1S/C21H27N3O3S.CH2O2/c1-27-19-7-3-2-6-16(19)20-22-12-15(28-20)13-23-11-8-18(25)17(14-23)21(26)24-9-4-5-10-24;2-1-3/h2-3,6-7,12,17-18,25H,4-5,8-11,13-14H2,1H3;1H,(H,2,3)/t17-,18+;/m0./s1. The largest absolute Gasteiger partial charge is 0.496 e. The molecule has 0 radical (unpaired) electrons. The maximum Gasteiger partial charge on any atom is 0.290 e. The number of hydrogen-bond acceptors (Lipinski definition) is 7. The number of benzene rings is 1. The average molecular weight is 448 g/mol. The van der Waals surface area contributed by atoms with E-state index in [9.17, 15) is 9.90 Å². The predicted octanol–water partition coefficient (Wildman–Crippen LogP) is 2.32. The van der Waals surface area contributed by atoms with Gasteiger partial charge in [0.1, 0.15) is 10.8 Å². The highest BCUT2D eigenvalue weighted by molar-refractivity contribution is 7.15. The minimum atomic E-state index is -0.532. The molecule has 168 valence electrons. The Kier molecular flexibility index (Phi) is 8.39. The van der Waals surface area contributed by atoms with Gasteiger partial charge in [-0.2, -0.15) is 0 Å². The maximum absolute atomic E-state index is 12.8. The summed E-state index contributed by atoms with van der Waals surface area (Å²) in [6.45, 7) is 3.58. The number of likely N-dealkylation sites (tertiary alicyclic amines) is 2. The van der Waals surface area contributed by atoms with E-state index in [-0.39, 0.29) is 18.3 Å². The molecule has 1 aromatic heterocycles. The summed E-state index contributed by atoms with van der Waals surface area (Å²) in [5.74, 6) is 0.628. The molecule has 3 heterocycles. The van der Waals surface area contributed by atoms with E-state index < -0.39 is 6.10 Å². The van der Waals surface area contributed by atoms with E-state index in [1.165, 1.54) is 0 Å². The number of rotatable bonds is 5. The summed E-state index contributed by atoms with van der Waals surface area (Å²) in [5.41, 5.74) is 0.998. The summed E-state index contributed by atoms with van der Waals surface area (Å²) in [6.07, 6.45) is 4.17. The number of aliphatic hydroxyl groups is 1. The topological polar surface area (TPSA) is 103 Å². The zero-order chi connectivity index (χ0) is 22.2. The van der Waals surface area contributed by atoms with E-state index in [1.54, 1.807) is 18.4 Å². The van der Waals surface area contributed by atoms with Gasteiger partial charge in [0.05, 0.1) is 24.7 Å². The molecule has 1 amide bonds. The van der Waals surface area contributed by atoms with Crippen LogP contribution in [0, 0.1) is 5.92 Å². The van der Waals surface area contributed by atoms with E-state index >= 15 is 0 Å². The van der Waals surface area contributed by atoms with Gasteiger partial charge in [0.2, 0.25) is 5.91 Å². The molecule has 2 aliphatic rings. The van der Waals surface area contributed by atoms with Gasteiger partial charge in [0, 0.05) is 43.8 Å². The number of methoxy groups -OCH3 is 1. The molecule has 2 N–H and O–H groups in total. The van der Waals surface area contributed by atoms with Gasteiger partial charge in [0.25, 0.3) is 6.47 Å². The van der Waals surface area contributed by atoms with E-state index in [4.69, 9.17) is 14.6 Å². The zero-order valence-electron chi connectivity index (χ0n) is 17.6. The van der Waals surface area contributed by atoms with E-state index in [0.29, 0.717) is 13.0 Å². The molecule has 4 rings (SSSR count). The van der Waals surface area contributed by atoms with Crippen LogP contribution in [0.4, 0.5) is 0 Å². The Hall–Kier alpha value is -2.49.